The largest absolute Gasteiger partial charge is 0.381 e. The van der Waals surface area contributed by atoms with Crippen LogP contribution in [0, 0.1) is 3.57 Å². The molecule has 0 fully saturated rings. The van der Waals surface area contributed by atoms with Crippen molar-refractivity contribution in [1.82, 2.24) is 0 Å². The second kappa shape index (κ2) is 4.80. The Kier molecular flexibility index (Phi) is 4.13. The van der Waals surface area contributed by atoms with Gasteiger partial charge in [0.05, 0.1) is 10.2 Å². The Morgan fingerprint density at radius 2 is 2.13 bits per heavy atom. The predicted octanol–water partition coefficient (Wildman–Crippen LogP) is 2.76. The average molecular weight is 384 g/mol. The van der Waals surface area contributed by atoms with E-state index in [4.69, 9.17) is 0 Å². The smallest absolute Gasteiger partial charge is 0.255 e. The van der Waals surface area contributed by atoms with Gasteiger partial charge in [-0.1, -0.05) is 6.07 Å². The maximum Gasteiger partial charge on any atom is 0.255 e. The van der Waals surface area contributed by atoms with Crippen molar-refractivity contribution in [2.75, 3.05) is 5.32 Å². The van der Waals surface area contributed by atoms with E-state index in [1.807, 2.05) is 12.1 Å². The molecule has 0 unspecified atom stereocenters. The molecule has 5 heteroatoms. The number of amides is 1. The Labute approximate surface area is 111 Å². The van der Waals surface area contributed by atoms with E-state index in [9.17, 15) is 9.90 Å². The monoisotopic (exact) mass is 383 g/mol. The molecule has 0 aliphatic heterocycles. The zero-order valence-electron chi connectivity index (χ0n) is 8.34. The van der Waals surface area contributed by atoms with Gasteiger partial charge in [0.2, 0.25) is 0 Å². The summed E-state index contributed by atoms with van der Waals surface area (Å²) in [5, 5.41) is 12.1. The lowest BCUT2D eigenvalue weighted by Gasteiger charge is -2.17. The number of halogens is 2. The Balaban J connectivity index is 2.91. The van der Waals surface area contributed by atoms with Crippen molar-refractivity contribution in [2.45, 2.75) is 19.4 Å². The summed E-state index contributed by atoms with van der Waals surface area (Å²) >= 11 is 5.53. The molecule has 0 atom stereocenters. The molecule has 0 spiro atoms. The van der Waals surface area contributed by atoms with Gasteiger partial charge < -0.3 is 10.4 Å². The van der Waals surface area contributed by atoms with Crippen LogP contribution in [0.25, 0.3) is 0 Å². The first kappa shape index (κ1) is 12.9. The molecule has 15 heavy (non-hydrogen) atoms. The fourth-order valence-electron chi connectivity index (χ4n) is 0.876. The quantitative estimate of drug-likeness (QED) is 0.771. The van der Waals surface area contributed by atoms with Crippen molar-refractivity contribution in [3.63, 3.8) is 0 Å². The fourth-order valence-corrected chi connectivity index (χ4v) is 1.74. The summed E-state index contributed by atoms with van der Waals surface area (Å²) in [6.07, 6.45) is 0. The molecule has 0 saturated heterocycles. The first-order valence-corrected chi connectivity index (χ1v) is 6.17. The normalized spacial score (nSPS) is 11.3. The van der Waals surface area contributed by atoms with E-state index in [-0.39, 0.29) is 0 Å². The molecule has 0 heterocycles. The standard InChI is InChI=1S/C10H11BrINO2/c1-10(2,15)9(14)13-7-5-3-4-6(12)8(7)11/h3-5,15H,1-2H3,(H,13,14). The van der Waals surface area contributed by atoms with Gasteiger partial charge in [0.25, 0.3) is 5.91 Å². The number of anilines is 1. The van der Waals surface area contributed by atoms with E-state index >= 15 is 0 Å². The van der Waals surface area contributed by atoms with Crippen LogP contribution in [-0.4, -0.2) is 16.6 Å². The highest BCUT2D eigenvalue weighted by atomic mass is 127. The maximum atomic E-state index is 11.5. The van der Waals surface area contributed by atoms with Gasteiger partial charge in [-0.3, -0.25) is 4.79 Å². The van der Waals surface area contributed by atoms with Crippen molar-refractivity contribution >= 4 is 50.1 Å². The Morgan fingerprint density at radius 3 is 2.67 bits per heavy atom. The van der Waals surface area contributed by atoms with Gasteiger partial charge in [-0.15, -0.1) is 0 Å². The summed E-state index contributed by atoms with van der Waals surface area (Å²) in [6, 6.07) is 5.53. The van der Waals surface area contributed by atoms with E-state index in [1.165, 1.54) is 13.8 Å². The first-order valence-electron chi connectivity index (χ1n) is 4.30. The van der Waals surface area contributed by atoms with Crippen LogP contribution in [0.15, 0.2) is 22.7 Å². The molecular formula is C10H11BrINO2. The van der Waals surface area contributed by atoms with E-state index in [0.717, 1.165) is 8.04 Å². The number of carbonyl (C=O) groups excluding carboxylic acids is 1. The SMILES string of the molecule is CC(C)(O)C(=O)Nc1cccc(I)c1Br. The number of benzene rings is 1. The average Bonchev–Trinajstić information content (AvgIpc) is 2.11. The minimum atomic E-state index is -1.37. The molecule has 82 valence electrons. The zero-order valence-corrected chi connectivity index (χ0v) is 12.1. The van der Waals surface area contributed by atoms with Crippen LogP contribution in [0.5, 0.6) is 0 Å². The second-order valence-corrected chi connectivity index (χ2v) is 5.57. The highest BCUT2D eigenvalue weighted by Gasteiger charge is 2.24. The summed E-state index contributed by atoms with van der Waals surface area (Å²) in [7, 11) is 0. The lowest BCUT2D eigenvalue weighted by Crippen LogP contribution is -2.36. The van der Waals surface area contributed by atoms with Crippen LogP contribution in [0.3, 0.4) is 0 Å². The van der Waals surface area contributed by atoms with Gasteiger partial charge in [-0.05, 0) is 64.5 Å². The van der Waals surface area contributed by atoms with Gasteiger partial charge in [-0.25, -0.2) is 0 Å². The minimum absolute atomic E-state index is 0.426. The molecule has 1 aromatic rings. The van der Waals surface area contributed by atoms with Crippen molar-refractivity contribution in [1.29, 1.82) is 0 Å². The van der Waals surface area contributed by atoms with Crippen LogP contribution < -0.4 is 5.32 Å². The topological polar surface area (TPSA) is 49.3 Å². The molecule has 1 amide bonds. The molecule has 3 nitrogen and oxygen atoms in total. The summed E-state index contributed by atoms with van der Waals surface area (Å²) in [5.41, 5.74) is -0.713. The maximum absolute atomic E-state index is 11.5. The summed E-state index contributed by atoms with van der Waals surface area (Å²) in [6.45, 7) is 2.90. The Hall–Kier alpha value is -0.140. The third-order valence-electron chi connectivity index (χ3n) is 1.76. The minimum Gasteiger partial charge on any atom is -0.381 e. The molecule has 0 radical (unpaired) electrons. The number of hydrogen-bond acceptors (Lipinski definition) is 2. The number of nitrogens with one attached hydrogen (secondary N) is 1. The van der Waals surface area contributed by atoms with Crippen molar-refractivity contribution in [3.05, 3.63) is 26.2 Å². The van der Waals surface area contributed by atoms with Crippen LogP contribution >= 0.6 is 38.5 Å². The van der Waals surface area contributed by atoms with Crippen molar-refractivity contribution < 1.29 is 9.90 Å². The molecule has 1 rings (SSSR count). The molecular weight excluding hydrogens is 373 g/mol. The van der Waals surface area contributed by atoms with Gasteiger partial charge in [-0.2, -0.15) is 0 Å². The zero-order chi connectivity index (χ0) is 11.6. The third-order valence-corrected chi connectivity index (χ3v) is 4.25. The third kappa shape index (κ3) is 3.42. The van der Waals surface area contributed by atoms with Crippen molar-refractivity contribution in [3.8, 4) is 0 Å². The van der Waals surface area contributed by atoms with Crippen LogP contribution in [0.2, 0.25) is 0 Å². The van der Waals surface area contributed by atoms with Crippen molar-refractivity contribution in [2.24, 2.45) is 0 Å². The summed E-state index contributed by atoms with van der Waals surface area (Å²) < 4.78 is 1.82. The molecule has 1 aromatic carbocycles. The number of hydrogen-bond donors (Lipinski definition) is 2. The van der Waals surface area contributed by atoms with Crippen LogP contribution in [0.4, 0.5) is 5.69 Å². The summed E-state index contributed by atoms with van der Waals surface area (Å²) in [5.74, 6) is -0.426. The summed E-state index contributed by atoms with van der Waals surface area (Å²) in [4.78, 5) is 11.5. The second-order valence-electron chi connectivity index (χ2n) is 3.61. The van der Waals surface area contributed by atoms with Gasteiger partial charge >= 0.3 is 0 Å². The van der Waals surface area contributed by atoms with Gasteiger partial charge in [0, 0.05) is 3.57 Å². The Morgan fingerprint density at radius 1 is 1.53 bits per heavy atom. The number of aliphatic hydroxyl groups is 1. The number of carbonyl (C=O) groups is 1. The highest BCUT2D eigenvalue weighted by molar-refractivity contribution is 14.1. The van der Waals surface area contributed by atoms with E-state index in [1.54, 1.807) is 6.07 Å². The van der Waals surface area contributed by atoms with E-state index in [0.29, 0.717) is 5.69 Å². The lowest BCUT2D eigenvalue weighted by molar-refractivity contribution is -0.130. The van der Waals surface area contributed by atoms with E-state index < -0.39 is 11.5 Å². The van der Waals surface area contributed by atoms with Gasteiger partial charge in [0.15, 0.2) is 0 Å². The fraction of sp³-hybridized carbons (Fsp3) is 0.300. The lowest BCUT2D eigenvalue weighted by atomic mass is 10.1. The highest BCUT2D eigenvalue weighted by Crippen LogP contribution is 2.28. The predicted molar refractivity (Wildman–Crippen MR) is 71.8 cm³/mol. The number of rotatable bonds is 2. The molecule has 0 bridgehead atoms. The van der Waals surface area contributed by atoms with Crippen LogP contribution in [-0.2, 0) is 4.79 Å². The van der Waals surface area contributed by atoms with Gasteiger partial charge in [0.1, 0.15) is 5.60 Å². The molecule has 2 N–H and O–H groups in total. The van der Waals surface area contributed by atoms with E-state index in [2.05, 4.69) is 43.8 Å². The molecule has 0 aromatic heterocycles. The molecule has 0 aliphatic carbocycles. The molecule has 0 saturated carbocycles. The van der Waals surface area contributed by atoms with Crippen LogP contribution in [0.1, 0.15) is 13.8 Å². The Bertz CT molecular complexity index is 387. The molecule has 0 aliphatic rings. The first-order chi connectivity index (χ1) is 6.82.